The zero-order valence-corrected chi connectivity index (χ0v) is 18.1. The number of ether oxygens (including phenoxy) is 2. The molecule has 6 nitrogen and oxygen atoms in total. The summed E-state index contributed by atoms with van der Waals surface area (Å²) in [6.45, 7) is 2.35. The monoisotopic (exact) mass is 447 g/mol. The third-order valence-corrected chi connectivity index (χ3v) is 5.40. The van der Waals surface area contributed by atoms with E-state index in [1.807, 2.05) is 6.92 Å². The fourth-order valence-corrected chi connectivity index (χ4v) is 3.85. The Hall–Kier alpha value is -4.13. The molecule has 1 atom stereocenters. The Morgan fingerprint density at radius 2 is 1.70 bits per heavy atom. The van der Waals surface area contributed by atoms with Crippen LogP contribution in [-0.4, -0.2) is 30.5 Å². The zero-order chi connectivity index (χ0) is 23.5. The van der Waals surface area contributed by atoms with Crippen LogP contribution in [-0.2, 0) is 9.59 Å². The molecule has 0 aromatic heterocycles. The lowest BCUT2D eigenvalue weighted by molar-refractivity contribution is -0.132. The van der Waals surface area contributed by atoms with Gasteiger partial charge in [-0.2, -0.15) is 0 Å². The van der Waals surface area contributed by atoms with E-state index in [4.69, 9.17) is 9.47 Å². The number of halogens is 1. The van der Waals surface area contributed by atoms with Crippen molar-refractivity contribution in [3.05, 3.63) is 95.3 Å². The van der Waals surface area contributed by atoms with E-state index in [0.29, 0.717) is 34.9 Å². The second kappa shape index (κ2) is 9.16. The van der Waals surface area contributed by atoms with Crippen LogP contribution in [0.3, 0.4) is 0 Å². The Bertz CT molecular complexity index is 1220. The van der Waals surface area contributed by atoms with Crippen molar-refractivity contribution in [2.24, 2.45) is 0 Å². The highest BCUT2D eigenvalue weighted by Gasteiger charge is 2.47. The van der Waals surface area contributed by atoms with Crippen molar-refractivity contribution in [3.63, 3.8) is 0 Å². The summed E-state index contributed by atoms with van der Waals surface area (Å²) < 4.78 is 24.3. The average molecular weight is 447 g/mol. The Labute approximate surface area is 190 Å². The number of nitrogens with zero attached hydrogens (tertiary/aromatic N) is 1. The minimum absolute atomic E-state index is 0.0846. The van der Waals surface area contributed by atoms with Crippen LogP contribution in [0.5, 0.6) is 11.5 Å². The van der Waals surface area contributed by atoms with Gasteiger partial charge < -0.3 is 14.6 Å². The maximum absolute atomic E-state index is 13.6. The summed E-state index contributed by atoms with van der Waals surface area (Å²) in [5, 5.41) is 11.1. The number of methoxy groups -OCH3 is 1. The summed E-state index contributed by atoms with van der Waals surface area (Å²) in [7, 11) is 1.50. The maximum atomic E-state index is 13.6. The first kappa shape index (κ1) is 22.1. The number of amides is 1. The first-order valence-corrected chi connectivity index (χ1v) is 10.4. The van der Waals surface area contributed by atoms with Crippen molar-refractivity contribution in [1.29, 1.82) is 0 Å². The molecule has 7 heteroatoms. The molecule has 0 aliphatic carbocycles. The lowest BCUT2D eigenvalue weighted by Gasteiger charge is -2.25. The summed E-state index contributed by atoms with van der Waals surface area (Å²) >= 11 is 0. The second-order valence-corrected chi connectivity index (χ2v) is 7.38. The minimum Gasteiger partial charge on any atom is -0.507 e. The summed E-state index contributed by atoms with van der Waals surface area (Å²) in [6.07, 6.45) is 0. The number of anilines is 1. The van der Waals surface area contributed by atoms with Crippen LogP contribution >= 0.6 is 0 Å². The molecule has 33 heavy (non-hydrogen) atoms. The maximum Gasteiger partial charge on any atom is 0.300 e. The lowest BCUT2D eigenvalue weighted by Crippen LogP contribution is -2.29. The minimum atomic E-state index is -0.954. The summed E-state index contributed by atoms with van der Waals surface area (Å²) in [6, 6.07) is 17.8. The van der Waals surface area contributed by atoms with Crippen molar-refractivity contribution in [3.8, 4) is 11.5 Å². The largest absolute Gasteiger partial charge is 0.507 e. The quantitative estimate of drug-likeness (QED) is 0.332. The Balaban J connectivity index is 1.89. The molecule has 3 aromatic carbocycles. The topological polar surface area (TPSA) is 76.1 Å². The Morgan fingerprint density at radius 3 is 2.33 bits per heavy atom. The van der Waals surface area contributed by atoms with Gasteiger partial charge >= 0.3 is 0 Å². The summed E-state index contributed by atoms with van der Waals surface area (Å²) in [5.41, 5.74) is 1.16. The van der Waals surface area contributed by atoms with E-state index in [1.165, 1.54) is 36.3 Å². The SMILES string of the molecule is CCOc1ccc(/C(O)=C2\C(=O)C(=O)N(c3cccc(OC)c3)C2c2ccc(F)cc2)cc1. The molecule has 0 radical (unpaired) electrons. The van der Waals surface area contributed by atoms with Gasteiger partial charge in [0.05, 0.1) is 25.3 Å². The number of carbonyl (C=O) groups is 2. The highest BCUT2D eigenvalue weighted by atomic mass is 19.1. The van der Waals surface area contributed by atoms with E-state index < -0.39 is 23.5 Å². The van der Waals surface area contributed by atoms with Crippen molar-refractivity contribution in [1.82, 2.24) is 0 Å². The van der Waals surface area contributed by atoms with Crippen molar-refractivity contribution >= 4 is 23.1 Å². The van der Waals surface area contributed by atoms with Crippen LogP contribution in [0.15, 0.2) is 78.4 Å². The van der Waals surface area contributed by atoms with E-state index in [0.717, 1.165) is 0 Å². The number of hydrogen-bond acceptors (Lipinski definition) is 5. The number of rotatable bonds is 6. The number of Topliss-reactive ketones (excluding diaryl/α,β-unsaturated/α-hetero) is 1. The van der Waals surface area contributed by atoms with Gasteiger partial charge in [-0.25, -0.2) is 4.39 Å². The summed E-state index contributed by atoms with van der Waals surface area (Å²) in [4.78, 5) is 27.6. The zero-order valence-electron chi connectivity index (χ0n) is 18.1. The number of aliphatic hydroxyl groups excluding tert-OH is 1. The molecule has 1 aliphatic rings. The lowest BCUT2D eigenvalue weighted by atomic mass is 9.95. The highest BCUT2D eigenvalue weighted by molar-refractivity contribution is 6.51. The van der Waals surface area contributed by atoms with Gasteiger partial charge in [0.25, 0.3) is 11.7 Å². The smallest absolute Gasteiger partial charge is 0.300 e. The van der Waals surface area contributed by atoms with Crippen LogP contribution in [0.1, 0.15) is 24.1 Å². The molecule has 0 saturated carbocycles. The number of benzene rings is 3. The number of ketones is 1. The van der Waals surface area contributed by atoms with Crippen molar-refractivity contribution < 1.29 is 28.6 Å². The second-order valence-electron chi connectivity index (χ2n) is 7.38. The van der Waals surface area contributed by atoms with Gasteiger partial charge in [0, 0.05) is 17.3 Å². The van der Waals surface area contributed by atoms with Gasteiger partial charge in [0.1, 0.15) is 23.1 Å². The molecule has 0 bridgehead atoms. The molecule has 1 heterocycles. The van der Waals surface area contributed by atoms with Crippen LogP contribution in [0.25, 0.3) is 5.76 Å². The number of aliphatic hydroxyl groups is 1. The molecule has 1 aliphatic heterocycles. The van der Waals surface area contributed by atoms with Gasteiger partial charge in [0.2, 0.25) is 0 Å². The van der Waals surface area contributed by atoms with Gasteiger partial charge in [-0.3, -0.25) is 14.5 Å². The normalized spacial score (nSPS) is 17.3. The van der Waals surface area contributed by atoms with Gasteiger partial charge in [0.15, 0.2) is 0 Å². The molecular weight excluding hydrogens is 425 g/mol. The molecule has 1 N–H and O–H groups in total. The van der Waals surface area contributed by atoms with Gasteiger partial charge in [-0.1, -0.05) is 18.2 Å². The fourth-order valence-electron chi connectivity index (χ4n) is 3.85. The van der Waals surface area contributed by atoms with Gasteiger partial charge in [-0.15, -0.1) is 0 Å². The standard InChI is InChI=1S/C26H22FNO5/c1-3-33-20-13-9-17(10-14-20)24(29)22-23(16-7-11-18(27)12-8-16)28(26(31)25(22)30)19-5-4-6-21(15-19)32-2/h4-15,23,29H,3H2,1-2H3/b24-22+. The van der Waals surface area contributed by atoms with E-state index in [-0.39, 0.29) is 11.3 Å². The molecule has 1 amide bonds. The van der Waals surface area contributed by atoms with E-state index in [2.05, 4.69) is 0 Å². The molecule has 1 fully saturated rings. The van der Waals surface area contributed by atoms with Crippen LogP contribution in [0, 0.1) is 5.82 Å². The number of carbonyl (C=O) groups excluding carboxylic acids is 2. The molecule has 4 rings (SSSR count). The Kier molecular flexibility index (Phi) is 6.13. The molecule has 0 spiro atoms. The Morgan fingerprint density at radius 1 is 1.00 bits per heavy atom. The first-order chi connectivity index (χ1) is 15.9. The van der Waals surface area contributed by atoms with Crippen LogP contribution in [0.4, 0.5) is 10.1 Å². The average Bonchev–Trinajstić information content (AvgIpc) is 3.10. The van der Waals surface area contributed by atoms with E-state index in [9.17, 15) is 19.1 Å². The number of hydrogen-bond donors (Lipinski definition) is 1. The molecule has 3 aromatic rings. The third-order valence-electron chi connectivity index (χ3n) is 5.40. The third kappa shape index (κ3) is 4.17. The predicted molar refractivity (Wildman–Crippen MR) is 122 cm³/mol. The van der Waals surface area contributed by atoms with Crippen LogP contribution in [0.2, 0.25) is 0 Å². The van der Waals surface area contributed by atoms with Crippen molar-refractivity contribution in [2.45, 2.75) is 13.0 Å². The van der Waals surface area contributed by atoms with E-state index >= 15 is 0 Å². The molecule has 1 saturated heterocycles. The van der Waals surface area contributed by atoms with Crippen molar-refractivity contribution in [2.75, 3.05) is 18.6 Å². The summed E-state index contributed by atoms with van der Waals surface area (Å²) in [5.74, 6) is -1.30. The van der Waals surface area contributed by atoms with Crippen LogP contribution < -0.4 is 14.4 Å². The molecule has 1 unspecified atom stereocenters. The first-order valence-electron chi connectivity index (χ1n) is 10.4. The van der Waals surface area contributed by atoms with Gasteiger partial charge in [-0.05, 0) is 61.0 Å². The molecular formula is C26H22FNO5. The van der Waals surface area contributed by atoms with E-state index in [1.54, 1.807) is 48.5 Å². The predicted octanol–water partition coefficient (Wildman–Crippen LogP) is 4.86. The fraction of sp³-hybridized carbons (Fsp3) is 0.154. The highest BCUT2D eigenvalue weighted by Crippen LogP contribution is 2.42. The molecule has 168 valence electrons.